The molecule has 0 unspecified atom stereocenters. The molecule has 3 aromatic rings. The third kappa shape index (κ3) is 2.13. The second-order valence-electron chi connectivity index (χ2n) is 8.10. The van der Waals surface area contributed by atoms with Gasteiger partial charge < -0.3 is 9.47 Å². The molecule has 7 nitrogen and oxygen atoms in total. The number of para-hydroxylation sites is 1. The topological polar surface area (TPSA) is 75.4 Å². The molecule has 0 spiro atoms. The fourth-order valence-corrected chi connectivity index (χ4v) is 4.46. The number of benzene rings is 1. The van der Waals surface area contributed by atoms with Crippen LogP contribution in [0.5, 0.6) is 11.8 Å². The SMILES string of the molecule is Cn1c2c(c(=O)n(C)c1=O)[C@@H]1c3cc4ccccc4nc3OC[C@@H]1C(C)(C)O2. The average molecular weight is 379 g/mol. The van der Waals surface area contributed by atoms with Crippen molar-refractivity contribution < 1.29 is 9.47 Å². The molecule has 2 atom stereocenters. The molecule has 0 N–H and O–H groups in total. The van der Waals surface area contributed by atoms with Crippen molar-refractivity contribution in [1.82, 2.24) is 14.1 Å². The van der Waals surface area contributed by atoms with E-state index < -0.39 is 11.3 Å². The second-order valence-corrected chi connectivity index (χ2v) is 8.10. The molecule has 0 aliphatic carbocycles. The van der Waals surface area contributed by atoms with Crippen LogP contribution in [0.2, 0.25) is 0 Å². The first-order valence-electron chi connectivity index (χ1n) is 9.31. The van der Waals surface area contributed by atoms with Gasteiger partial charge in [-0.15, -0.1) is 0 Å². The zero-order chi connectivity index (χ0) is 19.8. The van der Waals surface area contributed by atoms with E-state index in [0.29, 0.717) is 23.9 Å². The van der Waals surface area contributed by atoms with Gasteiger partial charge in [0.2, 0.25) is 11.8 Å². The lowest BCUT2D eigenvalue weighted by Crippen LogP contribution is -2.54. The quantitative estimate of drug-likeness (QED) is 0.597. The van der Waals surface area contributed by atoms with Crippen LogP contribution in [0.25, 0.3) is 10.9 Å². The standard InChI is InChI=1S/C21H21N3O4/c1-21(2)13-10-27-17-12(9-11-7-5-6-8-14(11)22-17)15(13)16-18(25)23(3)20(26)24(4)19(16)28-21/h5-9,13,15H,10H2,1-4H3/t13-,15+/m0/s1. The van der Waals surface area contributed by atoms with Crippen molar-refractivity contribution in [2.75, 3.05) is 6.61 Å². The highest BCUT2D eigenvalue weighted by Gasteiger charge is 2.50. The van der Waals surface area contributed by atoms with Crippen LogP contribution >= 0.6 is 0 Å². The minimum absolute atomic E-state index is 0.0827. The molecule has 2 aromatic heterocycles. The van der Waals surface area contributed by atoms with E-state index in [0.717, 1.165) is 21.0 Å². The number of aromatic nitrogens is 3. The number of ether oxygens (including phenoxy) is 2. The summed E-state index contributed by atoms with van der Waals surface area (Å²) in [5.41, 5.74) is 0.863. The first-order chi connectivity index (χ1) is 13.3. The molecule has 7 heteroatoms. The molecule has 144 valence electrons. The second kappa shape index (κ2) is 5.47. The maximum absolute atomic E-state index is 13.1. The van der Waals surface area contributed by atoms with Crippen molar-refractivity contribution in [3.8, 4) is 11.8 Å². The van der Waals surface area contributed by atoms with Gasteiger partial charge in [0.15, 0.2) is 0 Å². The maximum atomic E-state index is 13.1. The van der Waals surface area contributed by atoms with E-state index in [9.17, 15) is 9.59 Å². The van der Waals surface area contributed by atoms with Gasteiger partial charge in [0.1, 0.15) is 5.60 Å². The highest BCUT2D eigenvalue weighted by Crippen LogP contribution is 2.50. The predicted octanol–water partition coefficient (Wildman–Crippen LogP) is 1.94. The Kier molecular flexibility index (Phi) is 3.33. The molecule has 2 aliphatic rings. The van der Waals surface area contributed by atoms with Gasteiger partial charge in [0.25, 0.3) is 5.56 Å². The van der Waals surface area contributed by atoms with E-state index >= 15 is 0 Å². The maximum Gasteiger partial charge on any atom is 0.333 e. The van der Waals surface area contributed by atoms with Gasteiger partial charge in [-0.1, -0.05) is 18.2 Å². The van der Waals surface area contributed by atoms with Crippen LogP contribution in [0.4, 0.5) is 0 Å². The van der Waals surface area contributed by atoms with Gasteiger partial charge in [-0.05, 0) is 26.0 Å². The lowest BCUT2D eigenvalue weighted by Gasteiger charge is -2.46. The Morgan fingerprint density at radius 2 is 1.89 bits per heavy atom. The van der Waals surface area contributed by atoms with E-state index in [1.807, 2.05) is 44.2 Å². The Hall–Kier alpha value is -3.09. The van der Waals surface area contributed by atoms with E-state index in [1.54, 1.807) is 7.05 Å². The smallest absolute Gasteiger partial charge is 0.333 e. The van der Waals surface area contributed by atoms with Gasteiger partial charge >= 0.3 is 5.69 Å². The first kappa shape index (κ1) is 17.0. The third-order valence-corrected chi connectivity index (χ3v) is 6.06. The number of pyridine rings is 1. The van der Waals surface area contributed by atoms with Crippen molar-refractivity contribution in [3.05, 3.63) is 62.3 Å². The average Bonchev–Trinajstić information content (AvgIpc) is 2.68. The first-order valence-corrected chi connectivity index (χ1v) is 9.31. The van der Waals surface area contributed by atoms with Crippen molar-refractivity contribution in [3.63, 3.8) is 0 Å². The van der Waals surface area contributed by atoms with Crippen LogP contribution < -0.4 is 20.7 Å². The van der Waals surface area contributed by atoms with Crippen LogP contribution in [-0.4, -0.2) is 26.3 Å². The zero-order valence-corrected chi connectivity index (χ0v) is 16.2. The summed E-state index contributed by atoms with van der Waals surface area (Å²) >= 11 is 0. The molecule has 5 rings (SSSR count). The Labute approximate surface area is 161 Å². The van der Waals surface area contributed by atoms with Crippen molar-refractivity contribution in [2.24, 2.45) is 20.0 Å². The Balaban J connectivity index is 1.88. The molecular weight excluding hydrogens is 358 g/mol. The summed E-state index contributed by atoms with van der Waals surface area (Å²) in [4.78, 5) is 30.3. The molecule has 0 saturated carbocycles. The largest absolute Gasteiger partial charge is 0.477 e. The Morgan fingerprint density at radius 1 is 1.14 bits per heavy atom. The van der Waals surface area contributed by atoms with E-state index in [2.05, 4.69) is 4.98 Å². The molecule has 0 bridgehead atoms. The van der Waals surface area contributed by atoms with Gasteiger partial charge in [-0.25, -0.2) is 9.78 Å². The third-order valence-electron chi connectivity index (χ3n) is 6.06. The number of fused-ring (bicyclic) bond motifs is 6. The van der Waals surface area contributed by atoms with E-state index in [4.69, 9.17) is 9.47 Å². The van der Waals surface area contributed by atoms with E-state index in [1.165, 1.54) is 11.6 Å². The number of rotatable bonds is 0. The molecule has 0 fully saturated rings. The van der Waals surface area contributed by atoms with Crippen LogP contribution in [0.15, 0.2) is 39.9 Å². The lowest BCUT2D eigenvalue weighted by molar-refractivity contribution is -0.0230. The fraction of sp³-hybridized carbons (Fsp3) is 0.381. The Bertz CT molecular complexity index is 1250. The number of hydrogen-bond donors (Lipinski definition) is 0. The van der Waals surface area contributed by atoms with E-state index in [-0.39, 0.29) is 17.4 Å². The summed E-state index contributed by atoms with van der Waals surface area (Å²) in [6.07, 6.45) is 0. The van der Waals surface area contributed by atoms with Gasteiger partial charge in [-0.2, -0.15) is 0 Å². The molecule has 2 aliphatic heterocycles. The minimum Gasteiger partial charge on any atom is -0.477 e. The summed E-state index contributed by atoms with van der Waals surface area (Å²) in [6, 6.07) is 9.88. The number of nitrogens with zero attached hydrogens (tertiary/aromatic N) is 3. The predicted molar refractivity (Wildman–Crippen MR) is 104 cm³/mol. The Morgan fingerprint density at radius 3 is 2.68 bits per heavy atom. The monoisotopic (exact) mass is 379 g/mol. The molecule has 4 heterocycles. The van der Waals surface area contributed by atoms with Gasteiger partial charge in [0.05, 0.1) is 17.7 Å². The molecule has 28 heavy (non-hydrogen) atoms. The highest BCUT2D eigenvalue weighted by molar-refractivity contribution is 5.80. The summed E-state index contributed by atoms with van der Waals surface area (Å²) < 4.78 is 14.8. The van der Waals surface area contributed by atoms with Crippen LogP contribution in [-0.2, 0) is 14.1 Å². The van der Waals surface area contributed by atoms with Crippen molar-refractivity contribution in [1.29, 1.82) is 0 Å². The highest BCUT2D eigenvalue weighted by atomic mass is 16.5. The van der Waals surface area contributed by atoms with Crippen molar-refractivity contribution in [2.45, 2.75) is 25.4 Å². The minimum atomic E-state index is -0.614. The van der Waals surface area contributed by atoms with Crippen LogP contribution in [0.1, 0.15) is 30.9 Å². The van der Waals surface area contributed by atoms with Gasteiger partial charge in [0, 0.05) is 36.9 Å². The molecule has 1 aromatic carbocycles. The summed E-state index contributed by atoms with van der Waals surface area (Å²) in [7, 11) is 3.13. The summed E-state index contributed by atoms with van der Waals surface area (Å²) in [6.45, 7) is 4.33. The lowest BCUT2D eigenvalue weighted by atomic mass is 9.71. The zero-order valence-electron chi connectivity index (χ0n) is 16.2. The van der Waals surface area contributed by atoms with Gasteiger partial charge in [-0.3, -0.25) is 13.9 Å². The molecule has 0 radical (unpaired) electrons. The molecule has 0 saturated heterocycles. The summed E-state index contributed by atoms with van der Waals surface area (Å²) in [5, 5.41) is 0.984. The normalized spacial score (nSPS) is 21.9. The fourth-order valence-electron chi connectivity index (χ4n) is 4.46. The number of hydrogen-bond acceptors (Lipinski definition) is 5. The molecule has 0 amide bonds. The van der Waals surface area contributed by atoms with Crippen molar-refractivity contribution >= 4 is 10.9 Å². The van der Waals surface area contributed by atoms with Crippen LogP contribution in [0.3, 0.4) is 0 Å². The summed E-state index contributed by atoms with van der Waals surface area (Å²) in [5.74, 6) is 0.533. The molecular formula is C21H21N3O4. The van der Waals surface area contributed by atoms with Crippen LogP contribution in [0, 0.1) is 5.92 Å².